The van der Waals surface area contributed by atoms with Gasteiger partial charge in [-0.1, -0.05) is 36.8 Å². The number of rotatable bonds is 11. The first kappa shape index (κ1) is 28.3. The molecule has 10 heteroatoms. The van der Waals surface area contributed by atoms with Gasteiger partial charge in [0.2, 0.25) is 11.8 Å². The normalized spacial score (nSPS) is 12.5. The van der Waals surface area contributed by atoms with Crippen molar-refractivity contribution in [2.75, 3.05) is 24.9 Å². The smallest absolute Gasteiger partial charge is 0.304 e. The van der Waals surface area contributed by atoms with Gasteiger partial charge in [-0.2, -0.15) is 12.7 Å². The average molecular weight is 507 g/mol. The van der Waals surface area contributed by atoms with Crippen molar-refractivity contribution >= 4 is 27.7 Å². The quantitative estimate of drug-likeness (QED) is 0.507. The summed E-state index contributed by atoms with van der Waals surface area (Å²) in [6.45, 7) is 6.98. The fourth-order valence-electron chi connectivity index (χ4n) is 3.51. The van der Waals surface area contributed by atoms with E-state index < -0.39 is 34.5 Å². The number of halogens is 1. The van der Waals surface area contributed by atoms with Crippen LogP contribution in [0.5, 0.6) is 0 Å². The van der Waals surface area contributed by atoms with Gasteiger partial charge in [-0.05, 0) is 57.0 Å². The van der Waals surface area contributed by atoms with E-state index in [1.807, 2.05) is 45.0 Å². The van der Waals surface area contributed by atoms with Crippen LogP contribution in [0, 0.1) is 12.7 Å². The minimum atomic E-state index is -4.09. The molecule has 2 aromatic rings. The molecule has 2 aromatic carbocycles. The molecular weight excluding hydrogens is 471 g/mol. The van der Waals surface area contributed by atoms with Gasteiger partial charge < -0.3 is 10.2 Å². The summed E-state index contributed by atoms with van der Waals surface area (Å²) in [6, 6.07) is 11.5. The van der Waals surface area contributed by atoms with E-state index in [2.05, 4.69) is 5.32 Å². The van der Waals surface area contributed by atoms with Crippen molar-refractivity contribution in [3.8, 4) is 0 Å². The minimum absolute atomic E-state index is 0.127. The second kappa shape index (κ2) is 12.1. The molecule has 0 aromatic heterocycles. The van der Waals surface area contributed by atoms with Crippen LogP contribution in [0.4, 0.5) is 10.1 Å². The zero-order valence-electron chi connectivity index (χ0n) is 21.2. The third-order valence-corrected chi connectivity index (χ3v) is 7.24. The Hall–Kier alpha value is -2.98. The molecule has 0 radical (unpaired) electrons. The zero-order chi connectivity index (χ0) is 26.3. The van der Waals surface area contributed by atoms with Gasteiger partial charge in [0.05, 0.1) is 5.69 Å². The number of benzene rings is 2. The summed E-state index contributed by atoms with van der Waals surface area (Å²) in [5, 5.41) is 2.85. The van der Waals surface area contributed by atoms with Crippen LogP contribution >= 0.6 is 0 Å². The number of amides is 2. The van der Waals surface area contributed by atoms with E-state index in [9.17, 15) is 22.4 Å². The second-order valence-corrected chi connectivity index (χ2v) is 10.9. The highest BCUT2D eigenvalue weighted by Gasteiger charge is 2.33. The van der Waals surface area contributed by atoms with Crippen LogP contribution in [0.2, 0.25) is 0 Å². The van der Waals surface area contributed by atoms with E-state index in [1.165, 1.54) is 31.1 Å². The Labute approximate surface area is 207 Å². The molecule has 2 amide bonds. The molecule has 2 rings (SSSR count). The molecule has 0 aliphatic rings. The van der Waals surface area contributed by atoms with E-state index in [4.69, 9.17) is 0 Å². The highest BCUT2D eigenvalue weighted by molar-refractivity contribution is 7.90. The topological polar surface area (TPSA) is 90.0 Å². The van der Waals surface area contributed by atoms with Crippen molar-refractivity contribution in [2.45, 2.75) is 52.7 Å². The van der Waals surface area contributed by atoms with Crippen LogP contribution in [0.25, 0.3) is 0 Å². The lowest BCUT2D eigenvalue weighted by Crippen LogP contribution is -2.54. The van der Waals surface area contributed by atoms with Gasteiger partial charge in [-0.15, -0.1) is 0 Å². The van der Waals surface area contributed by atoms with E-state index in [1.54, 1.807) is 6.92 Å². The Balaban J connectivity index is 2.48. The molecule has 0 spiro atoms. The van der Waals surface area contributed by atoms with Crippen LogP contribution in [0.15, 0.2) is 48.5 Å². The summed E-state index contributed by atoms with van der Waals surface area (Å²) in [5.74, 6) is -1.39. The molecule has 1 atom stereocenters. The molecule has 0 bridgehead atoms. The second-order valence-electron chi connectivity index (χ2n) is 8.87. The number of carbonyl (C=O) groups is 2. The van der Waals surface area contributed by atoms with Gasteiger partial charge in [0.25, 0.3) is 0 Å². The van der Waals surface area contributed by atoms with Gasteiger partial charge in [-0.25, -0.2) is 8.70 Å². The number of anilines is 1. The maximum absolute atomic E-state index is 13.7. The fraction of sp³-hybridized carbons (Fsp3) is 0.440. The minimum Gasteiger partial charge on any atom is -0.352 e. The Kier molecular flexibility index (Phi) is 9.79. The lowest BCUT2D eigenvalue weighted by molar-refractivity contribution is -0.140. The highest BCUT2D eigenvalue weighted by Crippen LogP contribution is 2.22. The molecule has 0 aliphatic heterocycles. The molecule has 1 N–H and O–H groups in total. The lowest BCUT2D eigenvalue weighted by atomic mass is 10.1. The number of nitrogens with zero attached hydrogens (tertiary/aromatic N) is 3. The first-order chi connectivity index (χ1) is 16.4. The van der Waals surface area contributed by atoms with Crippen LogP contribution in [-0.2, 0) is 26.3 Å². The number of hydrogen-bond donors (Lipinski definition) is 1. The Morgan fingerprint density at radius 3 is 2.06 bits per heavy atom. The summed E-state index contributed by atoms with van der Waals surface area (Å²) in [4.78, 5) is 28.1. The maximum Gasteiger partial charge on any atom is 0.304 e. The largest absolute Gasteiger partial charge is 0.352 e. The van der Waals surface area contributed by atoms with Crippen LogP contribution in [0.3, 0.4) is 0 Å². The van der Waals surface area contributed by atoms with E-state index in [0.29, 0.717) is 6.42 Å². The number of aryl methyl sites for hydroxylation is 1. The predicted molar refractivity (Wildman–Crippen MR) is 135 cm³/mol. The van der Waals surface area contributed by atoms with Crippen molar-refractivity contribution in [3.63, 3.8) is 0 Å². The zero-order valence-corrected chi connectivity index (χ0v) is 22.0. The van der Waals surface area contributed by atoms with E-state index in [0.717, 1.165) is 31.9 Å². The molecule has 35 heavy (non-hydrogen) atoms. The molecule has 0 saturated carbocycles. The number of carbonyl (C=O) groups excluding carboxylic acids is 2. The number of nitrogens with one attached hydrogen (secondary N) is 1. The Morgan fingerprint density at radius 2 is 1.57 bits per heavy atom. The standard InChI is InChI=1S/C25H35FN4O4S/c1-7-23(25(32)27-18(2)3)29(16-20-10-8-19(4)9-11-20)24(31)17-30(35(33,34)28(5)6)22-14-12-21(26)13-15-22/h8-15,18,23H,7,16-17H2,1-6H3,(H,27,32). The summed E-state index contributed by atoms with van der Waals surface area (Å²) >= 11 is 0. The van der Waals surface area contributed by atoms with Crippen molar-refractivity contribution in [1.29, 1.82) is 0 Å². The third kappa shape index (κ3) is 7.50. The first-order valence-electron chi connectivity index (χ1n) is 11.5. The molecule has 1 unspecified atom stereocenters. The van der Waals surface area contributed by atoms with Gasteiger partial charge in [0.15, 0.2) is 0 Å². The summed E-state index contributed by atoms with van der Waals surface area (Å²) in [5.41, 5.74) is 2.00. The molecule has 0 aliphatic carbocycles. The molecule has 0 fully saturated rings. The van der Waals surface area contributed by atoms with Gasteiger partial charge in [0.1, 0.15) is 18.4 Å². The van der Waals surface area contributed by atoms with Crippen molar-refractivity contribution in [1.82, 2.24) is 14.5 Å². The van der Waals surface area contributed by atoms with E-state index >= 15 is 0 Å². The summed E-state index contributed by atoms with van der Waals surface area (Å²) < 4.78 is 41.6. The number of hydrogen-bond acceptors (Lipinski definition) is 4. The summed E-state index contributed by atoms with van der Waals surface area (Å²) in [6.07, 6.45) is 0.340. The predicted octanol–water partition coefficient (Wildman–Crippen LogP) is 3.08. The molecule has 0 saturated heterocycles. The summed E-state index contributed by atoms with van der Waals surface area (Å²) in [7, 11) is -1.38. The fourth-order valence-corrected chi connectivity index (χ4v) is 4.57. The van der Waals surface area contributed by atoms with Crippen LogP contribution in [-0.4, -0.2) is 62.2 Å². The Morgan fingerprint density at radius 1 is 1.00 bits per heavy atom. The van der Waals surface area contributed by atoms with Crippen LogP contribution < -0.4 is 9.62 Å². The highest BCUT2D eigenvalue weighted by atomic mass is 32.2. The van der Waals surface area contributed by atoms with Gasteiger partial charge in [0, 0.05) is 26.7 Å². The average Bonchev–Trinajstić information content (AvgIpc) is 2.78. The van der Waals surface area contributed by atoms with Crippen molar-refractivity contribution in [2.24, 2.45) is 0 Å². The van der Waals surface area contributed by atoms with Crippen molar-refractivity contribution < 1.29 is 22.4 Å². The van der Waals surface area contributed by atoms with Crippen LogP contribution in [0.1, 0.15) is 38.3 Å². The monoisotopic (exact) mass is 506 g/mol. The molecule has 8 nitrogen and oxygen atoms in total. The third-order valence-electron chi connectivity index (χ3n) is 5.42. The Bertz CT molecular complexity index is 1100. The van der Waals surface area contributed by atoms with Gasteiger partial charge in [-0.3, -0.25) is 9.59 Å². The van der Waals surface area contributed by atoms with E-state index in [-0.39, 0.29) is 24.2 Å². The molecular formula is C25H35FN4O4S. The maximum atomic E-state index is 13.7. The molecule has 192 valence electrons. The first-order valence-corrected chi connectivity index (χ1v) is 12.9. The lowest BCUT2D eigenvalue weighted by Gasteiger charge is -2.34. The van der Waals surface area contributed by atoms with Crippen molar-refractivity contribution in [3.05, 3.63) is 65.5 Å². The molecule has 0 heterocycles. The van der Waals surface area contributed by atoms with Gasteiger partial charge >= 0.3 is 10.2 Å². The SMILES string of the molecule is CCC(C(=O)NC(C)C)N(Cc1ccc(C)cc1)C(=O)CN(c1ccc(F)cc1)S(=O)(=O)N(C)C.